The average Bonchev–Trinajstić information content (AvgIpc) is 1.60. The zero-order valence-corrected chi connectivity index (χ0v) is 60.9. The van der Waals surface area contributed by atoms with E-state index in [2.05, 4.69) is 78.1 Å². The van der Waals surface area contributed by atoms with Gasteiger partial charge in [-0.05, 0) is 155 Å². The maximum absolute atomic E-state index is 15.4. The van der Waals surface area contributed by atoms with Crippen molar-refractivity contribution in [2.24, 2.45) is 11.5 Å². The van der Waals surface area contributed by atoms with Crippen LogP contribution in [0.1, 0.15) is 106 Å². The summed E-state index contributed by atoms with van der Waals surface area (Å²) in [6.07, 6.45) is 6.12. The number of nitrogens with zero attached hydrogens (tertiary/aromatic N) is 5. The van der Waals surface area contributed by atoms with E-state index in [1.807, 2.05) is 0 Å². The minimum atomic E-state index is -2.07. The van der Waals surface area contributed by atoms with E-state index in [-0.39, 0.29) is 85.6 Å². The lowest BCUT2D eigenvalue weighted by Crippen LogP contribution is -2.63. The standard InChI is InChI=1S/C75H89F2N19O14/c1-40-66(101)87-59(29-44-35-81-54-22-16-46(76)31-52(44)54)69(104)88-60(30-45-36-82-55-23-17-47(77)32-53(45)55)70(105)90-62(34-64(98)99)72(107)89-61(33-49-37-80-39-83-49)71(106)91-63(28-43-14-20-51(110-4)21-15-43)73(108)95-26-8-24-75(95,3)74(109)92-58(65(79)100)27-42-12-18-50(19-13-42)96-38-48(93-94-96)9-7-11-56(85-41(2)97)68(103)86-57(67(102)84-40)10-5-6-25-78/h12-23,31-32,35-40,56-63,81-82H,5-11,24-30,33-34,78H2,1-4H3,(H2,79,100)(H,80,83)(H,84,102)(H,85,97)(H,86,103)(H,87,101)(H,88,104)(H,89,107)(H,90,105)(H,91,106)(H,92,109)(H,98,99)/t40-,56+,57+,58+,59+,60+,61+,62+,63+,75+/m1/s1. The molecule has 33 nitrogen and oxygen atoms in total. The topological polar surface area (TPSA) is 489 Å². The SMILES string of the molecule is COc1ccc(C[C@@H]2NC(=O)[C@H](Cc3cnc[nH]3)NC(=O)[C@H](CC(=O)O)NC(=O)[C@H](Cc3c[nH]c4ccc(F)cc34)NC(=O)[C@H](Cc3c[nH]c4ccc(F)cc34)NC(=O)[C@@H](C)NC(=O)[C@H](CCCCN)NC(=O)[C@@H](NC(C)=O)CCCc3cn(nn3)-c3ccc(cc3)C[C@@H](C(N)=O)NC(=O)[C@]3(C)CCCN3C2=O)cc1. The van der Waals surface area contributed by atoms with Gasteiger partial charge in [0.2, 0.25) is 65.0 Å². The van der Waals surface area contributed by atoms with Gasteiger partial charge in [0.05, 0.1) is 37.4 Å². The molecule has 0 aliphatic carbocycles. The number of carbonyl (C=O) groups is 12. The van der Waals surface area contributed by atoms with Gasteiger partial charge < -0.3 is 89.0 Å². The summed E-state index contributed by atoms with van der Waals surface area (Å²) in [6.45, 7) is 4.25. The number of unbranched alkanes of at least 4 members (excludes halogenated alkanes) is 1. The van der Waals surface area contributed by atoms with Gasteiger partial charge in [0.1, 0.15) is 77.3 Å². The Kier molecular flexibility index (Phi) is 26.5. The highest BCUT2D eigenvalue weighted by atomic mass is 19.1. The van der Waals surface area contributed by atoms with Gasteiger partial charge in [-0.3, -0.25) is 57.5 Å². The highest BCUT2D eigenvalue weighted by Crippen LogP contribution is 2.32. The molecule has 0 saturated carbocycles. The summed E-state index contributed by atoms with van der Waals surface area (Å²) in [5.41, 5.74) is 13.8. The van der Waals surface area contributed by atoms with Crippen LogP contribution in [0, 0.1) is 11.6 Å². The molecule has 7 heterocycles. The molecule has 0 unspecified atom stereocenters. The summed E-state index contributed by atoms with van der Waals surface area (Å²) < 4.78 is 37.0. The first-order valence-electron chi connectivity index (χ1n) is 36.0. The molecule has 35 heteroatoms. The molecule has 0 spiro atoms. The molecule has 1 fully saturated rings. The van der Waals surface area contributed by atoms with E-state index < -0.39 is 168 Å². The predicted molar refractivity (Wildman–Crippen MR) is 393 cm³/mol. The van der Waals surface area contributed by atoms with Crippen LogP contribution in [0.3, 0.4) is 0 Å². The number of rotatable bonds is 17. The van der Waals surface area contributed by atoms with Crippen molar-refractivity contribution < 1.29 is 76.2 Å². The summed E-state index contributed by atoms with van der Waals surface area (Å²) in [4.78, 5) is 187. The number of carboxylic acid groups (broad SMARTS) is 1. The Morgan fingerprint density at radius 3 is 1.84 bits per heavy atom. The second kappa shape index (κ2) is 36.4. The Labute approximate surface area is 629 Å². The number of amides is 11. The van der Waals surface area contributed by atoms with Gasteiger partial charge in [0.15, 0.2) is 0 Å². The number of imidazole rings is 1. The Balaban J connectivity index is 1.01. The highest BCUT2D eigenvalue weighted by Gasteiger charge is 2.49. The first-order chi connectivity index (χ1) is 52.6. The van der Waals surface area contributed by atoms with E-state index in [4.69, 9.17) is 16.2 Å². The molecule has 17 N–H and O–H groups in total. The third-order valence-electron chi connectivity index (χ3n) is 19.6. The number of ether oxygens (including phenoxy) is 1. The zero-order valence-electron chi connectivity index (χ0n) is 60.9. The normalized spacial score (nSPS) is 22.9. The van der Waals surface area contributed by atoms with E-state index >= 15 is 28.0 Å². The molecule has 3 aliphatic heterocycles. The van der Waals surface area contributed by atoms with Crippen molar-refractivity contribution in [3.63, 3.8) is 0 Å². The first-order valence-corrected chi connectivity index (χ1v) is 36.0. The number of carbonyl (C=O) groups excluding carboxylic acids is 11. The molecule has 11 amide bonds. The molecular formula is C75H89F2N19O14. The second-order valence-electron chi connectivity index (χ2n) is 27.7. The van der Waals surface area contributed by atoms with Crippen molar-refractivity contribution in [2.75, 3.05) is 20.2 Å². The fourth-order valence-electron chi connectivity index (χ4n) is 13.5. The zero-order chi connectivity index (χ0) is 78.9. The quantitative estimate of drug-likeness (QED) is 0.0446. The maximum atomic E-state index is 15.4. The number of primary amides is 1. The number of hydrogen-bond acceptors (Lipinski definition) is 17. The van der Waals surface area contributed by atoms with Gasteiger partial charge in [0, 0.05) is 91.7 Å². The van der Waals surface area contributed by atoms with Crippen LogP contribution in [-0.2, 0) is 96.1 Å². The number of aliphatic carboxylic acids is 1. The Morgan fingerprint density at radius 2 is 1.25 bits per heavy atom. The number of carboxylic acids is 1. The third kappa shape index (κ3) is 20.6. The monoisotopic (exact) mass is 1520 g/mol. The molecule has 0 radical (unpaired) electrons. The van der Waals surface area contributed by atoms with E-state index in [0.29, 0.717) is 58.6 Å². The molecule has 8 aromatic rings. The number of aromatic amines is 3. The fourth-order valence-corrected chi connectivity index (χ4v) is 13.5. The Morgan fingerprint density at radius 1 is 0.673 bits per heavy atom. The molecule has 1 saturated heterocycles. The van der Waals surface area contributed by atoms with Crippen LogP contribution in [0.4, 0.5) is 8.78 Å². The van der Waals surface area contributed by atoms with E-state index in [9.17, 15) is 43.5 Å². The molecule has 10 atom stereocenters. The number of methoxy groups -OCH3 is 1. The van der Waals surface area contributed by atoms with Crippen LogP contribution in [0.5, 0.6) is 5.75 Å². The molecule has 11 rings (SSSR count). The van der Waals surface area contributed by atoms with Crippen molar-refractivity contribution in [3.05, 3.63) is 161 Å². The summed E-state index contributed by atoms with van der Waals surface area (Å²) in [6, 6.07) is 6.74. The lowest BCUT2D eigenvalue weighted by atomic mass is 9.94. The van der Waals surface area contributed by atoms with Crippen LogP contribution in [0.15, 0.2) is 116 Å². The van der Waals surface area contributed by atoms with Crippen molar-refractivity contribution in [3.8, 4) is 11.4 Å². The van der Waals surface area contributed by atoms with Crippen molar-refractivity contribution in [1.29, 1.82) is 0 Å². The van der Waals surface area contributed by atoms with Crippen molar-refractivity contribution >= 4 is 92.8 Å². The minimum absolute atomic E-state index is 0.00118. The number of nitrogens with one attached hydrogen (secondary N) is 12. The summed E-state index contributed by atoms with van der Waals surface area (Å²) in [5.74, 6) is -12.6. The summed E-state index contributed by atoms with van der Waals surface area (Å²) >= 11 is 0. The van der Waals surface area contributed by atoms with E-state index in [0.717, 1.165) is 6.07 Å². The lowest BCUT2D eigenvalue weighted by Gasteiger charge is -2.37. The molecule has 4 bridgehead atoms. The number of H-pyrrole nitrogens is 3. The van der Waals surface area contributed by atoms with E-state index in [1.54, 1.807) is 54.7 Å². The van der Waals surface area contributed by atoms with Crippen LogP contribution in [-0.4, -0.2) is 196 Å². The number of aryl methyl sites for hydroxylation is 1. The minimum Gasteiger partial charge on any atom is -0.497 e. The molecule has 582 valence electrons. The van der Waals surface area contributed by atoms with Gasteiger partial charge in [-0.1, -0.05) is 29.5 Å². The Bertz CT molecular complexity index is 4680. The highest BCUT2D eigenvalue weighted by molar-refractivity contribution is 6.01. The number of fused-ring (bicyclic) bond motifs is 32. The number of halogens is 2. The molecular weight excluding hydrogens is 1430 g/mol. The number of nitrogens with two attached hydrogens (primary N) is 2. The second-order valence-corrected chi connectivity index (χ2v) is 27.7. The smallest absolute Gasteiger partial charge is 0.305 e. The van der Waals surface area contributed by atoms with Gasteiger partial charge in [-0.15, -0.1) is 5.10 Å². The number of benzene rings is 4. The summed E-state index contributed by atoms with van der Waals surface area (Å²) in [7, 11) is 1.45. The lowest BCUT2D eigenvalue weighted by molar-refractivity contribution is -0.147. The van der Waals surface area contributed by atoms with Gasteiger partial charge in [-0.2, -0.15) is 0 Å². The summed E-state index contributed by atoms with van der Waals surface area (Å²) in [5, 5.41) is 43.3. The molecule has 4 aromatic heterocycles. The third-order valence-corrected chi connectivity index (χ3v) is 19.6. The van der Waals surface area contributed by atoms with Crippen LogP contribution in [0.2, 0.25) is 0 Å². The first kappa shape index (κ1) is 80.1. The van der Waals surface area contributed by atoms with Gasteiger partial charge in [0.25, 0.3) is 0 Å². The fraction of sp³-hybridized carbons (Fsp3) is 0.400. The maximum Gasteiger partial charge on any atom is 0.305 e. The van der Waals surface area contributed by atoms with Crippen molar-refractivity contribution in [2.45, 2.75) is 171 Å². The molecule has 4 aromatic carbocycles. The largest absolute Gasteiger partial charge is 0.497 e. The van der Waals surface area contributed by atoms with Crippen LogP contribution < -0.4 is 64.1 Å². The number of aromatic nitrogens is 7. The molecule has 3 aliphatic rings. The average molecular weight is 1520 g/mol. The van der Waals surface area contributed by atoms with Gasteiger partial charge >= 0.3 is 5.97 Å². The van der Waals surface area contributed by atoms with Crippen molar-refractivity contribution in [1.82, 2.24) is 87.7 Å². The number of hydrogen-bond donors (Lipinski definition) is 15. The van der Waals surface area contributed by atoms with E-state index in [1.165, 1.54) is 92.7 Å². The predicted octanol–water partition coefficient (Wildman–Crippen LogP) is 0.962. The van der Waals surface area contributed by atoms with Crippen LogP contribution in [0.25, 0.3) is 27.5 Å². The Hall–Kier alpha value is -12.4. The van der Waals surface area contributed by atoms with Crippen LogP contribution >= 0.6 is 0 Å². The van der Waals surface area contributed by atoms with Gasteiger partial charge in [-0.25, -0.2) is 18.4 Å². The molecule has 110 heavy (non-hydrogen) atoms.